The lowest BCUT2D eigenvalue weighted by molar-refractivity contribution is -0.101. The van der Waals surface area contributed by atoms with Gasteiger partial charge in [0.2, 0.25) is 0 Å². The maximum Gasteiger partial charge on any atom is 0.114 e. The second kappa shape index (κ2) is 14.7. The fourth-order valence-corrected chi connectivity index (χ4v) is 3.08. The smallest absolute Gasteiger partial charge is 0.114 e. The molecule has 148 valence electrons. The van der Waals surface area contributed by atoms with Gasteiger partial charge in [-0.2, -0.15) is 0 Å². The fourth-order valence-electron chi connectivity index (χ4n) is 3.08. The lowest BCUT2D eigenvalue weighted by Gasteiger charge is -2.24. The molecule has 1 fully saturated rings. The summed E-state index contributed by atoms with van der Waals surface area (Å²) in [5, 5.41) is 28.6. The summed E-state index contributed by atoms with van der Waals surface area (Å²) in [6.07, 6.45) is 13.6. The molecule has 0 spiro atoms. The van der Waals surface area contributed by atoms with Gasteiger partial charge in [-0.3, -0.25) is 0 Å². The van der Waals surface area contributed by atoms with Crippen molar-refractivity contribution in [3.63, 3.8) is 0 Å². The van der Waals surface area contributed by atoms with Gasteiger partial charge in [0.25, 0.3) is 0 Å². The Balaban J connectivity index is 1.94. The van der Waals surface area contributed by atoms with Crippen LogP contribution in [0.5, 0.6) is 0 Å². The number of allylic oxidation sites excluding steroid dienone is 2. The van der Waals surface area contributed by atoms with E-state index in [1.54, 1.807) is 0 Å². The molecular weight excluding hydrogens is 320 g/mol. The summed E-state index contributed by atoms with van der Waals surface area (Å²) in [7, 11) is 0. The van der Waals surface area contributed by atoms with Crippen molar-refractivity contribution in [2.45, 2.75) is 95.5 Å². The van der Waals surface area contributed by atoms with Crippen molar-refractivity contribution in [3.05, 3.63) is 12.2 Å². The third-order valence-electron chi connectivity index (χ3n) is 4.72. The van der Waals surface area contributed by atoms with Crippen molar-refractivity contribution >= 4 is 0 Å². The molecule has 0 unspecified atom stereocenters. The van der Waals surface area contributed by atoms with E-state index in [4.69, 9.17) is 9.47 Å². The number of ether oxygens (including phenoxy) is 2. The van der Waals surface area contributed by atoms with Crippen molar-refractivity contribution in [3.8, 4) is 0 Å². The van der Waals surface area contributed by atoms with Crippen LogP contribution < -0.4 is 0 Å². The highest BCUT2D eigenvalue weighted by molar-refractivity contribution is 4.88. The molecule has 1 rings (SSSR count). The van der Waals surface area contributed by atoms with Crippen LogP contribution in [0.1, 0.15) is 71.1 Å². The average Bonchev–Trinajstić information content (AvgIpc) is 2.95. The van der Waals surface area contributed by atoms with E-state index in [9.17, 15) is 15.3 Å². The summed E-state index contributed by atoms with van der Waals surface area (Å²) < 4.78 is 10.9. The summed E-state index contributed by atoms with van der Waals surface area (Å²) in [6, 6.07) is 0. The lowest BCUT2D eigenvalue weighted by atomic mass is 10.1. The molecule has 5 heteroatoms. The van der Waals surface area contributed by atoms with E-state index in [1.807, 2.05) is 0 Å². The molecule has 1 aliphatic heterocycles. The molecule has 0 amide bonds. The molecule has 1 saturated heterocycles. The van der Waals surface area contributed by atoms with Crippen LogP contribution in [0.3, 0.4) is 0 Å². The Kier molecular flexibility index (Phi) is 13.3. The molecule has 4 atom stereocenters. The van der Waals surface area contributed by atoms with Gasteiger partial charge >= 0.3 is 0 Å². The zero-order chi connectivity index (χ0) is 18.3. The predicted molar refractivity (Wildman–Crippen MR) is 99.6 cm³/mol. The summed E-state index contributed by atoms with van der Waals surface area (Å²) in [5.74, 6) is 0. The van der Waals surface area contributed by atoms with Crippen LogP contribution in [0.2, 0.25) is 0 Å². The minimum Gasteiger partial charge on any atom is -0.394 e. The van der Waals surface area contributed by atoms with Crippen molar-refractivity contribution in [2.24, 2.45) is 0 Å². The molecule has 1 aliphatic rings. The van der Waals surface area contributed by atoms with E-state index in [-0.39, 0.29) is 13.2 Å². The second-order valence-corrected chi connectivity index (χ2v) is 6.97. The lowest BCUT2D eigenvalue weighted by Crippen LogP contribution is -2.42. The Morgan fingerprint density at radius 3 is 2.24 bits per heavy atom. The van der Waals surface area contributed by atoms with E-state index < -0.39 is 24.4 Å². The molecule has 5 nitrogen and oxygen atoms in total. The summed E-state index contributed by atoms with van der Waals surface area (Å²) in [5.41, 5.74) is 0. The normalized spacial score (nSPS) is 25.0. The summed E-state index contributed by atoms with van der Waals surface area (Å²) in [4.78, 5) is 0. The Morgan fingerprint density at radius 2 is 1.64 bits per heavy atom. The number of rotatable bonds is 15. The van der Waals surface area contributed by atoms with Crippen molar-refractivity contribution in [2.75, 3.05) is 19.8 Å². The molecule has 0 saturated carbocycles. The molecule has 0 aromatic rings. The van der Waals surface area contributed by atoms with E-state index in [0.29, 0.717) is 6.61 Å². The first-order chi connectivity index (χ1) is 12.2. The summed E-state index contributed by atoms with van der Waals surface area (Å²) >= 11 is 0. The van der Waals surface area contributed by atoms with Crippen LogP contribution in [-0.2, 0) is 9.47 Å². The standard InChI is InChI=1S/C20H38O5/c1-2-3-4-5-6-7-8-9-10-11-12-13-14-24-18(15-21)20-19(23)17(22)16-25-20/h6-7,17-23H,2-5,8-16H2,1H3/b7-6+/t17-,18+,19-,20-/m1/s1. The van der Waals surface area contributed by atoms with Gasteiger partial charge in [-0.15, -0.1) is 0 Å². The molecule has 0 aromatic carbocycles. The van der Waals surface area contributed by atoms with Gasteiger partial charge in [-0.1, -0.05) is 51.2 Å². The Morgan fingerprint density at radius 1 is 1.00 bits per heavy atom. The highest BCUT2D eigenvalue weighted by Crippen LogP contribution is 2.20. The van der Waals surface area contributed by atoms with Crippen LogP contribution >= 0.6 is 0 Å². The summed E-state index contributed by atoms with van der Waals surface area (Å²) in [6.45, 7) is 2.66. The Bertz CT molecular complexity index is 334. The van der Waals surface area contributed by atoms with Gasteiger partial charge in [0.1, 0.15) is 24.4 Å². The van der Waals surface area contributed by atoms with Crippen LogP contribution in [0, 0.1) is 0 Å². The zero-order valence-corrected chi connectivity index (χ0v) is 15.8. The van der Waals surface area contributed by atoms with Gasteiger partial charge < -0.3 is 24.8 Å². The third kappa shape index (κ3) is 9.71. The number of hydrogen-bond acceptors (Lipinski definition) is 5. The van der Waals surface area contributed by atoms with Gasteiger partial charge in [-0.05, 0) is 32.1 Å². The maximum absolute atomic E-state index is 9.79. The first-order valence-electron chi connectivity index (χ1n) is 10.1. The second-order valence-electron chi connectivity index (χ2n) is 6.97. The van der Waals surface area contributed by atoms with Crippen molar-refractivity contribution in [1.82, 2.24) is 0 Å². The van der Waals surface area contributed by atoms with Gasteiger partial charge in [-0.25, -0.2) is 0 Å². The molecule has 1 heterocycles. The minimum atomic E-state index is -0.979. The minimum absolute atomic E-state index is 0.0960. The molecule has 0 aliphatic carbocycles. The maximum atomic E-state index is 9.79. The third-order valence-corrected chi connectivity index (χ3v) is 4.72. The predicted octanol–water partition coefficient (Wildman–Crippen LogP) is 2.96. The van der Waals surface area contributed by atoms with Crippen LogP contribution in [0.4, 0.5) is 0 Å². The van der Waals surface area contributed by atoms with Crippen molar-refractivity contribution < 1.29 is 24.8 Å². The highest BCUT2D eigenvalue weighted by atomic mass is 16.6. The Labute approximate surface area is 153 Å². The van der Waals surface area contributed by atoms with Gasteiger partial charge in [0.15, 0.2) is 0 Å². The van der Waals surface area contributed by atoms with Crippen LogP contribution in [-0.4, -0.2) is 59.6 Å². The topological polar surface area (TPSA) is 79.2 Å². The monoisotopic (exact) mass is 358 g/mol. The van der Waals surface area contributed by atoms with Crippen molar-refractivity contribution in [1.29, 1.82) is 0 Å². The first kappa shape index (κ1) is 22.6. The van der Waals surface area contributed by atoms with E-state index in [0.717, 1.165) is 12.8 Å². The molecular formula is C20H38O5. The number of aliphatic hydroxyl groups is 3. The van der Waals surface area contributed by atoms with Gasteiger partial charge in [0, 0.05) is 6.61 Å². The SMILES string of the molecule is CCCCC/C=C/CCCCCCCO[C@@H](CO)[C@H]1OC[C@@H](O)[C@H]1O. The fraction of sp³-hybridized carbons (Fsp3) is 0.900. The molecule has 0 radical (unpaired) electrons. The molecule has 0 bridgehead atoms. The molecule has 25 heavy (non-hydrogen) atoms. The first-order valence-corrected chi connectivity index (χ1v) is 10.1. The van der Waals surface area contributed by atoms with Crippen LogP contribution in [0.25, 0.3) is 0 Å². The number of hydrogen-bond donors (Lipinski definition) is 3. The van der Waals surface area contributed by atoms with E-state index in [2.05, 4.69) is 19.1 Å². The zero-order valence-electron chi connectivity index (χ0n) is 15.8. The van der Waals surface area contributed by atoms with Gasteiger partial charge in [0.05, 0.1) is 13.2 Å². The van der Waals surface area contributed by atoms with Crippen LogP contribution in [0.15, 0.2) is 12.2 Å². The largest absolute Gasteiger partial charge is 0.394 e. The Hall–Kier alpha value is -0.460. The average molecular weight is 359 g/mol. The quantitative estimate of drug-likeness (QED) is 0.310. The highest BCUT2D eigenvalue weighted by Gasteiger charge is 2.40. The number of aliphatic hydroxyl groups excluding tert-OH is 3. The van der Waals surface area contributed by atoms with E-state index in [1.165, 1.54) is 51.4 Å². The van der Waals surface area contributed by atoms with E-state index >= 15 is 0 Å². The molecule has 0 aromatic heterocycles. The molecule has 3 N–H and O–H groups in total. The number of unbranched alkanes of at least 4 members (excludes halogenated alkanes) is 8.